The number of thioether (sulfide) groups is 1. The van der Waals surface area contributed by atoms with E-state index in [0.717, 1.165) is 19.1 Å². The predicted octanol–water partition coefficient (Wildman–Crippen LogP) is 2.53. The summed E-state index contributed by atoms with van der Waals surface area (Å²) in [6.45, 7) is 8.70. The van der Waals surface area contributed by atoms with Crippen LogP contribution >= 0.6 is 11.8 Å². The average molecular weight is 231 g/mol. The van der Waals surface area contributed by atoms with Crippen molar-refractivity contribution in [3.63, 3.8) is 0 Å². The van der Waals surface area contributed by atoms with E-state index in [4.69, 9.17) is 4.74 Å². The second-order valence-corrected chi connectivity index (χ2v) is 5.68. The normalized spacial score (nSPS) is 25.4. The number of hydrogen-bond donors (Lipinski definition) is 1. The van der Waals surface area contributed by atoms with Crippen LogP contribution in [0.2, 0.25) is 0 Å². The smallest absolute Gasteiger partial charge is 0.0510 e. The lowest BCUT2D eigenvalue weighted by Gasteiger charge is -2.26. The van der Waals surface area contributed by atoms with Gasteiger partial charge in [0.05, 0.1) is 6.61 Å². The molecule has 1 aliphatic rings. The molecule has 0 amide bonds. The molecule has 0 bridgehead atoms. The first-order valence-electron chi connectivity index (χ1n) is 6.19. The fourth-order valence-electron chi connectivity index (χ4n) is 2.17. The van der Waals surface area contributed by atoms with Gasteiger partial charge in [-0.15, -0.1) is 0 Å². The van der Waals surface area contributed by atoms with E-state index in [1.807, 2.05) is 11.8 Å². The number of rotatable bonds is 7. The maximum Gasteiger partial charge on any atom is 0.0510 e. The fraction of sp³-hybridized carbons (Fsp3) is 1.00. The van der Waals surface area contributed by atoms with E-state index in [1.54, 1.807) is 0 Å². The van der Waals surface area contributed by atoms with Gasteiger partial charge in [-0.05, 0) is 31.4 Å². The largest absolute Gasteiger partial charge is 0.381 e. The van der Waals surface area contributed by atoms with Crippen molar-refractivity contribution in [3.05, 3.63) is 0 Å². The van der Waals surface area contributed by atoms with Crippen molar-refractivity contribution in [2.24, 2.45) is 5.92 Å². The Bertz CT molecular complexity index is 160. The highest BCUT2D eigenvalue weighted by Crippen LogP contribution is 2.19. The van der Waals surface area contributed by atoms with Crippen molar-refractivity contribution in [1.82, 2.24) is 5.32 Å². The van der Waals surface area contributed by atoms with Crippen LogP contribution in [-0.4, -0.2) is 36.8 Å². The van der Waals surface area contributed by atoms with Gasteiger partial charge in [0.25, 0.3) is 0 Å². The maximum atomic E-state index is 5.46. The lowest BCUT2D eigenvalue weighted by atomic mass is 9.96. The van der Waals surface area contributed by atoms with Crippen molar-refractivity contribution < 1.29 is 4.74 Å². The number of nitrogens with one attached hydrogen (secondary N) is 1. The minimum atomic E-state index is 0.625. The zero-order chi connectivity index (χ0) is 11.1. The summed E-state index contributed by atoms with van der Waals surface area (Å²) in [5, 5.41) is 3.74. The van der Waals surface area contributed by atoms with E-state index in [1.165, 1.54) is 24.3 Å². The highest BCUT2D eigenvalue weighted by molar-refractivity contribution is 7.99. The maximum absolute atomic E-state index is 5.46. The van der Waals surface area contributed by atoms with Crippen LogP contribution in [0.3, 0.4) is 0 Å². The van der Waals surface area contributed by atoms with Gasteiger partial charge in [0, 0.05) is 24.4 Å². The van der Waals surface area contributed by atoms with E-state index in [0.29, 0.717) is 12.1 Å². The molecule has 2 nitrogen and oxygen atoms in total. The summed E-state index contributed by atoms with van der Waals surface area (Å²) in [5.74, 6) is 3.18. The third-order valence-corrected chi connectivity index (χ3v) is 4.19. The molecular weight excluding hydrogens is 206 g/mol. The first-order valence-corrected chi connectivity index (χ1v) is 7.34. The fourth-order valence-corrected chi connectivity index (χ4v) is 2.85. The quantitative estimate of drug-likeness (QED) is 0.727. The van der Waals surface area contributed by atoms with Crippen LogP contribution in [0.15, 0.2) is 0 Å². The lowest BCUT2D eigenvalue weighted by Crippen LogP contribution is -2.42. The Labute approximate surface area is 98.5 Å². The van der Waals surface area contributed by atoms with Crippen LogP contribution in [-0.2, 0) is 4.74 Å². The van der Waals surface area contributed by atoms with Crippen molar-refractivity contribution in [3.8, 4) is 0 Å². The van der Waals surface area contributed by atoms with E-state index < -0.39 is 0 Å². The molecule has 1 saturated heterocycles. The monoisotopic (exact) mass is 231 g/mol. The number of ether oxygens (including phenoxy) is 1. The Morgan fingerprint density at radius 2 is 2.27 bits per heavy atom. The molecule has 0 spiro atoms. The minimum absolute atomic E-state index is 0.625. The van der Waals surface area contributed by atoms with Gasteiger partial charge < -0.3 is 10.1 Å². The Balaban J connectivity index is 2.25. The molecule has 0 saturated carbocycles. The molecule has 3 unspecified atom stereocenters. The molecule has 0 aromatic heterocycles. The Kier molecular flexibility index (Phi) is 6.69. The van der Waals surface area contributed by atoms with Crippen molar-refractivity contribution >= 4 is 11.8 Å². The molecule has 0 radical (unpaired) electrons. The second-order valence-electron chi connectivity index (χ2n) is 4.37. The zero-order valence-corrected chi connectivity index (χ0v) is 11.1. The molecule has 0 aromatic rings. The van der Waals surface area contributed by atoms with Gasteiger partial charge in [0.15, 0.2) is 0 Å². The molecule has 1 heterocycles. The molecular formula is C12H25NOS. The average Bonchev–Trinajstić information content (AvgIpc) is 2.76. The third-order valence-electron chi connectivity index (χ3n) is 3.04. The van der Waals surface area contributed by atoms with Crippen LogP contribution in [0.5, 0.6) is 0 Å². The summed E-state index contributed by atoms with van der Waals surface area (Å²) >= 11 is 2.02. The van der Waals surface area contributed by atoms with Crippen molar-refractivity contribution in [1.29, 1.82) is 0 Å². The Morgan fingerprint density at radius 3 is 2.80 bits per heavy atom. The van der Waals surface area contributed by atoms with E-state index >= 15 is 0 Å². The SMILES string of the molecule is CCSCC(C)NC(CC)C1CCOC1. The topological polar surface area (TPSA) is 21.3 Å². The molecule has 3 heteroatoms. The summed E-state index contributed by atoms with van der Waals surface area (Å²) in [5.41, 5.74) is 0. The van der Waals surface area contributed by atoms with E-state index in [9.17, 15) is 0 Å². The molecule has 15 heavy (non-hydrogen) atoms. The molecule has 1 N–H and O–H groups in total. The third kappa shape index (κ3) is 4.75. The molecule has 1 fully saturated rings. The Morgan fingerprint density at radius 1 is 1.47 bits per heavy atom. The Hall–Kier alpha value is 0.270. The van der Waals surface area contributed by atoms with E-state index in [2.05, 4.69) is 26.1 Å². The lowest BCUT2D eigenvalue weighted by molar-refractivity contribution is 0.174. The summed E-state index contributed by atoms with van der Waals surface area (Å²) in [4.78, 5) is 0. The minimum Gasteiger partial charge on any atom is -0.381 e. The molecule has 1 aliphatic heterocycles. The summed E-state index contributed by atoms with van der Waals surface area (Å²) in [7, 11) is 0. The first kappa shape index (κ1) is 13.3. The van der Waals surface area contributed by atoms with Crippen LogP contribution in [0.25, 0.3) is 0 Å². The summed E-state index contributed by atoms with van der Waals surface area (Å²) < 4.78 is 5.46. The zero-order valence-electron chi connectivity index (χ0n) is 10.3. The second kappa shape index (κ2) is 7.53. The van der Waals surface area contributed by atoms with Crippen molar-refractivity contribution in [2.75, 3.05) is 24.7 Å². The summed E-state index contributed by atoms with van der Waals surface area (Å²) in [6.07, 6.45) is 2.45. The van der Waals surface area contributed by atoms with Gasteiger partial charge in [0.1, 0.15) is 0 Å². The number of hydrogen-bond acceptors (Lipinski definition) is 3. The molecule has 90 valence electrons. The van der Waals surface area contributed by atoms with E-state index in [-0.39, 0.29) is 0 Å². The molecule has 3 atom stereocenters. The van der Waals surface area contributed by atoms with Crippen LogP contribution in [0, 0.1) is 5.92 Å². The van der Waals surface area contributed by atoms with Gasteiger partial charge >= 0.3 is 0 Å². The van der Waals surface area contributed by atoms with Gasteiger partial charge in [0.2, 0.25) is 0 Å². The van der Waals surface area contributed by atoms with Crippen molar-refractivity contribution in [2.45, 2.75) is 45.7 Å². The molecule has 1 rings (SSSR count). The molecule has 0 aliphatic carbocycles. The standard InChI is InChI=1S/C12H25NOS/c1-4-12(11-6-7-14-8-11)13-10(3)9-15-5-2/h10-13H,4-9H2,1-3H3. The van der Waals surface area contributed by atoms with Gasteiger partial charge in [-0.3, -0.25) is 0 Å². The first-order chi connectivity index (χ1) is 7.27. The van der Waals surface area contributed by atoms with Gasteiger partial charge in [-0.2, -0.15) is 11.8 Å². The highest BCUT2D eigenvalue weighted by Gasteiger charge is 2.25. The van der Waals surface area contributed by atoms with Crippen LogP contribution in [0.4, 0.5) is 0 Å². The predicted molar refractivity (Wildman–Crippen MR) is 68.6 cm³/mol. The van der Waals surface area contributed by atoms with Crippen LogP contribution < -0.4 is 5.32 Å². The highest BCUT2D eigenvalue weighted by atomic mass is 32.2. The van der Waals surface area contributed by atoms with Crippen LogP contribution in [0.1, 0.15) is 33.6 Å². The summed E-state index contributed by atoms with van der Waals surface area (Å²) in [6, 6.07) is 1.28. The van der Waals surface area contributed by atoms with Gasteiger partial charge in [-0.25, -0.2) is 0 Å². The van der Waals surface area contributed by atoms with Gasteiger partial charge in [-0.1, -0.05) is 13.8 Å². The molecule has 0 aromatic carbocycles.